The van der Waals surface area contributed by atoms with Gasteiger partial charge in [0.1, 0.15) is 11.3 Å². The van der Waals surface area contributed by atoms with Crippen molar-refractivity contribution in [2.75, 3.05) is 11.4 Å². The van der Waals surface area contributed by atoms with Crippen LogP contribution in [0.1, 0.15) is 55.1 Å². The zero-order valence-corrected chi connectivity index (χ0v) is 19.7. The fraction of sp³-hybridized carbons (Fsp3) is 0.500. The molecule has 1 aromatic carbocycles. The van der Waals surface area contributed by atoms with Crippen LogP contribution in [-0.2, 0) is 11.3 Å². The van der Waals surface area contributed by atoms with Crippen LogP contribution in [0.2, 0.25) is 5.02 Å². The van der Waals surface area contributed by atoms with Gasteiger partial charge in [0.2, 0.25) is 5.95 Å². The van der Waals surface area contributed by atoms with Crippen molar-refractivity contribution in [2.45, 2.75) is 65.5 Å². The summed E-state index contributed by atoms with van der Waals surface area (Å²) in [5, 5.41) is 0.110. The van der Waals surface area contributed by atoms with Gasteiger partial charge in [-0.1, -0.05) is 31.5 Å². The molecule has 1 aliphatic heterocycles. The number of benzene rings is 1. The summed E-state index contributed by atoms with van der Waals surface area (Å²) in [6.07, 6.45) is -7.33. The normalized spacial score (nSPS) is 15.5. The molecule has 1 atom stereocenters. The molecule has 0 N–H and O–H groups in total. The van der Waals surface area contributed by atoms with Gasteiger partial charge in [-0.25, -0.2) is 15.0 Å². The van der Waals surface area contributed by atoms with Gasteiger partial charge >= 0.3 is 12.8 Å². The summed E-state index contributed by atoms with van der Waals surface area (Å²) in [6, 6.07) is 2.28. The molecule has 0 radical (unpaired) electrons. The number of hydrogen-bond acceptors (Lipinski definition) is 5. The first-order chi connectivity index (χ1) is 15.9. The SMILES string of the molecule is Cc1nc(C(C)C)nc(C)c1N1CCCn2c1nc1c(Cl)ccc(C(OC(F)F)C(F)(F)F)c12. The molecule has 34 heavy (non-hydrogen) atoms. The highest BCUT2D eigenvalue weighted by Crippen LogP contribution is 2.44. The molecule has 184 valence electrons. The highest BCUT2D eigenvalue weighted by molar-refractivity contribution is 6.35. The average molecular weight is 504 g/mol. The van der Waals surface area contributed by atoms with Gasteiger partial charge in [-0.2, -0.15) is 22.0 Å². The fourth-order valence-corrected chi connectivity index (χ4v) is 4.56. The van der Waals surface area contributed by atoms with Crippen LogP contribution in [0, 0.1) is 13.8 Å². The molecule has 1 aliphatic rings. The van der Waals surface area contributed by atoms with Gasteiger partial charge in [0.05, 0.1) is 27.6 Å². The largest absolute Gasteiger partial charge is 0.419 e. The summed E-state index contributed by atoms with van der Waals surface area (Å²) in [4.78, 5) is 15.6. The molecule has 6 nitrogen and oxygen atoms in total. The molecule has 0 amide bonds. The van der Waals surface area contributed by atoms with Gasteiger partial charge in [0.15, 0.2) is 6.10 Å². The van der Waals surface area contributed by atoms with E-state index in [4.69, 9.17) is 11.6 Å². The zero-order chi connectivity index (χ0) is 24.9. The Morgan fingerprint density at radius 2 is 1.68 bits per heavy atom. The number of aromatic nitrogens is 4. The Bertz CT molecular complexity index is 1200. The van der Waals surface area contributed by atoms with Crippen LogP contribution in [0.4, 0.5) is 33.6 Å². The quantitative estimate of drug-likeness (QED) is 0.367. The van der Waals surface area contributed by atoms with Crippen LogP contribution >= 0.6 is 11.6 Å². The number of ether oxygens (including phenoxy) is 1. The predicted molar refractivity (Wildman–Crippen MR) is 118 cm³/mol. The number of fused-ring (bicyclic) bond motifs is 3. The first-order valence-electron chi connectivity index (χ1n) is 10.7. The number of hydrogen-bond donors (Lipinski definition) is 0. The molecule has 3 aromatic rings. The van der Waals surface area contributed by atoms with E-state index in [-0.39, 0.29) is 22.0 Å². The first kappa shape index (κ1) is 24.6. The second-order valence-electron chi connectivity index (χ2n) is 8.48. The van der Waals surface area contributed by atoms with Crippen LogP contribution < -0.4 is 4.90 Å². The molecule has 2 aromatic heterocycles. The van der Waals surface area contributed by atoms with Crippen molar-refractivity contribution in [2.24, 2.45) is 0 Å². The van der Waals surface area contributed by atoms with E-state index in [1.807, 2.05) is 32.6 Å². The van der Waals surface area contributed by atoms with Gasteiger partial charge in [-0.15, -0.1) is 0 Å². The van der Waals surface area contributed by atoms with E-state index < -0.39 is 24.5 Å². The van der Waals surface area contributed by atoms with Crippen LogP contribution in [-0.4, -0.2) is 38.9 Å². The number of aryl methyl sites for hydroxylation is 3. The minimum Gasteiger partial charge on any atom is -0.309 e. The maximum absolute atomic E-state index is 13.7. The minimum atomic E-state index is -5.07. The standard InChI is InChI=1S/C22H23ClF5N5O/c1-10(2)19-29-11(3)16(12(4)30-19)32-8-5-9-33-17-13(18(22(26,27)28)34-20(24)25)6-7-14(23)15(17)31-21(32)33/h6-7,10,18,20H,5,8-9H2,1-4H3. The maximum atomic E-state index is 13.7. The third-order valence-corrected chi connectivity index (χ3v) is 6.02. The molecule has 0 bridgehead atoms. The summed E-state index contributed by atoms with van der Waals surface area (Å²) in [5.41, 5.74) is 1.75. The van der Waals surface area contributed by atoms with E-state index in [0.717, 1.165) is 6.07 Å². The Morgan fingerprint density at radius 3 is 2.24 bits per heavy atom. The Labute approximate surface area is 197 Å². The molecule has 0 fully saturated rings. The molecular weight excluding hydrogens is 481 g/mol. The molecular formula is C22H23ClF5N5O. The molecule has 3 heterocycles. The van der Waals surface area contributed by atoms with Crippen molar-refractivity contribution in [3.8, 4) is 0 Å². The van der Waals surface area contributed by atoms with Crippen molar-refractivity contribution in [3.05, 3.63) is 39.9 Å². The van der Waals surface area contributed by atoms with Gasteiger partial charge < -0.3 is 14.2 Å². The average Bonchev–Trinajstić information content (AvgIpc) is 3.13. The van der Waals surface area contributed by atoms with E-state index in [0.29, 0.717) is 48.4 Å². The highest BCUT2D eigenvalue weighted by Gasteiger charge is 2.45. The Balaban J connectivity index is 1.93. The summed E-state index contributed by atoms with van der Waals surface area (Å²) in [5.74, 6) is 1.15. The Morgan fingerprint density at radius 1 is 1.03 bits per heavy atom. The van der Waals surface area contributed by atoms with Gasteiger partial charge in [0.25, 0.3) is 0 Å². The van der Waals surface area contributed by atoms with Crippen molar-refractivity contribution < 1.29 is 26.7 Å². The number of rotatable bonds is 5. The molecule has 12 heteroatoms. The Kier molecular flexibility index (Phi) is 6.45. The van der Waals surface area contributed by atoms with Crippen molar-refractivity contribution >= 4 is 34.3 Å². The third kappa shape index (κ3) is 4.31. The summed E-state index contributed by atoms with van der Waals surface area (Å²) >= 11 is 6.30. The van der Waals surface area contributed by atoms with Crippen molar-refractivity contribution in [1.29, 1.82) is 0 Å². The van der Waals surface area contributed by atoms with E-state index in [9.17, 15) is 22.0 Å². The molecule has 0 saturated heterocycles. The molecule has 4 rings (SSSR count). The molecule has 1 unspecified atom stereocenters. The summed E-state index contributed by atoms with van der Waals surface area (Å²) < 4.78 is 72.6. The topological polar surface area (TPSA) is 56.1 Å². The number of imidazole rings is 1. The smallest absolute Gasteiger partial charge is 0.309 e. The number of halogens is 6. The van der Waals surface area contributed by atoms with E-state index in [1.165, 1.54) is 6.07 Å². The number of nitrogens with zero attached hydrogens (tertiary/aromatic N) is 5. The van der Waals surface area contributed by atoms with Gasteiger partial charge in [-0.05, 0) is 26.3 Å². The van der Waals surface area contributed by atoms with Gasteiger partial charge in [-0.3, -0.25) is 0 Å². The Hall–Kier alpha value is -2.53. The first-order valence-corrected chi connectivity index (χ1v) is 11.1. The molecule has 0 aliphatic carbocycles. The van der Waals surface area contributed by atoms with Crippen molar-refractivity contribution in [1.82, 2.24) is 19.5 Å². The molecule has 0 saturated carbocycles. The summed E-state index contributed by atoms with van der Waals surface area (Å²) in [6.45, 7) is 4.89. The molecule has 0 spiro atoms. The second kappa shape index (κ2) is 8.92. The lowest BCUT2D eigenvalue weighted by molar-refractivity contribution is -0.276. The maximum Gasteiger partial charge on any atom is 0.419 e. The van der Waals surface area contributed by atoms with E-state index in [2.05, 4.69) is 19.7 Å². The third-order valence-electron chi connectivity index (χ3n) is 5.72. The van der Waals surface area contributed by atoms with Gasteiger partial charge in [0, 0.05) is 24.6 Å². The lowest BCUT2D eigenvalue weighted by atomic mass is 10.1. The number of alkyl halides is 5. The predicted octanol–water partition coefficient (Wildman–Crippen LogP) is 6.60. The summed E-state index contributed by atoms with van der Waals surface area (Å²) in [7, 11) is 0. The van der Waals surface area contributed by atoms with Crippen LogP contribution in [0.5, 0.6) is 0 Å². The number of anilines is 2. The minimum absolute atomic E-state index is 0.0187. The van der Waals surface area contributed by atoms with E-state index >= 15 is 0 Å². The zero-order valence-electron chi connectivity index (χ0n) is 18.9. The van der Waals surface area contributed by atoms with Crippen LogP contribution in [0.15, 0.2) is 12.1 Å². The van der Waals surface area contributed by atoms with E-state index in [1.54, 1.807) is 4.57 Å². The van der Waals surface area contributed by atoms with Crippen LogP contribution in [0.25, 0.3) is 11.0 Å². The second-order valence-corrected chi connectivity index (χ2v) is 8.88. The highest BCUT2D eigenvalue weighted by atomic mass is 35.5. The lowest BCUT2D eigenvalue weighted by Crippen LogP contribution is -2.31. The van der Waals surface area contributed by atoms with Crippen molar-refractivity contribution in [3.63, 3.8) is 0 Å². The van der Waals surface area contributed by atoms with Crippen LogP contribution in [0.3, 0.4) is 0 Å². The lowest BCUT2D eigenvalue weighted by Gasteiger charge is -2.31. The fourth-order valence-electron chi connectivity index (χ4n) is 4.36. The monoisotopic (exact) mass is 503 g/mol.